The van der Waals surface area contributed by atoms with Crippen LogP contribution in [0.15, 0.2) is 12.4 Å². The topological polar surface area (TPSA) is 42.7 Å². The summed E-state index contributed by atoms with van der Waals surface area (Å²) in [5.41, 5.74) is 2.38. The van der Waals surface area contributed by atoms with Gasteiger partial charge in [0.1, 0.15) is 0 Å². The number of hydrogen-bond donors (Lipinski definition) is 1. The maximum Gasteiger partial charge on any atom is 0.0949 e. The minimum atomic E-state index is 0.300. The van der Waals surface area contributed by atoms with Gasteiger partial charge in [0.2, 0.25) is 0 Å². The van der Waals surface area contributed by atoms with Crippen molar-refractivity contribution in [3.05, 3.63) is 33.5 Å². The highest BCUT2D eigenvalue weighted by Gasteiger charge is 2.15. The smallest absolute Gasteiger partial charge is 0.0949 e. The molecule has 0 aliphatic heterocycles. The van der Waals surface area contributed by atoms with Crippen LogP contribution in [0, 0.1) is 13.8 Å². The molecule has 5 heteroatoms. The Hall–Kier alpha value is -1.20. The predicted octanol–water partition coefficient (Wildman–Crippen LogP) is 2.39. The molecule has 0 amide bonds. The van der Waals surface area contributed by atoms with Crippen LogP contribution in [-0.4, -0.2) is 21.3 Å². The molecule has 2 heterocycles. The quantitative estimate of drug-likeness (QED) is 0.901. The van der Waals surface area contributed by atoms with Crippen LogP contribution in [0.3, 0.4) is 0 Å². The fourth-order valence-electron chi connectivity index (χ4n) is 1.98. The Labute approximate surface area is 112 Å². The van der Waals surface area contributed by atoms with Crippen molar-refractivity contribution >= 4 is 11.3 Å². The lowest BCUT2D eigenvalue weighted by Crippen LogP contribution is -2.22. The van der Waals surface area contributed by atoms with Gasteiger partial charge in [-0.25, -0.2) is 4.98 Å². The van der Waals surface area contributed by atoms with Crippen LogP contribution in [0.1, 0.15) is 34.1 Å². The molecule has 18 heavy (non-hydrogen) atoms. The lowest BCUT2D eigenvalue weighted by atomic mass is 10.1. The molecule has 0 radical (unpaired) electrons. The monoisotopic (exact) mass is 264 g/mol. The summed E-state index contributed by atoms with van der Waals surface area (Å²) in [4.78, 5) is 5.93. The molecule has 4 nitrogen and oxygen atoms in total. The number of nitrogens with one attached hydrogen (secondary N) is 1. The van der Waals surface area contributed by atoms with Crippen LogP contribution in [-0.2, 0) is 13.5 Å². The first-order chi connectivity index (χ1) is 8.60. The van der Waals surface area contributed by atoms with E-state index in [-0.39, 0.29) is 0 Å². The summed E-state index contributed by atoms with van der Waals surface area (Å²) < 4.78 is 1.85. The number of rotatable bonds is 5. The molecule has 0 aromatic carbocycles. The van der Waals surface area contributed by atoms with Crippen molar-refractivity contribution in [2.24, 2.45) is 7.05 Å². The molecule has 2 rings (SSSR count). The molecule has 2 aromatic heterocycles. The summed E-state index contributed by atoms with van der Waals surface area (Å²) in [6.07, 6.45) is 4.93. The number of aromatic nitrogens is 3. The first-order valence-corrected chi connectivity index (χ1v) is 7.06. The van der Waals surface area contributed by atoms with E-state index >= 15 is 0 Å². The molecule has 0 bridgehead atoms. The SMILES string of the molecule is CCNC(Cc1nc(C)c(C)s1)c1cnn(C)c1. The van der Waals surface area contributed by atoms with E-state index in [4.69, 9.17) is 0 Å². The van der Waals surface area contributed by atoms with Crippen molar-refractivity contribution in [3.63, 3.8) is 0 Å². The molecule has 98 valence electrons. The molecule has 0 fully saturated rings. The Balaban J connectivity index is 2.15. The van der Waals surface area contributed by atoms with Gasteiger partial charge >= 0.3 is 0 Å². The Bertz CT molecular complexity index is 495. The van der Waals surface area contributed by atoms with Crippen molar-refractivity contribution < 1.29 is 0 Å². The minimum absolute atomic E-state index is 0.300. The largest absolute Gasteiger partial charge is 0.310 e. The van der Waals surface area contributed by atoms with Crippen molar-refractivity contribution in [2.45, 2.75) is 33.2 Å². The Morgan fingerprint density at radius 2 is 2.22 bits per heavy atom. The van der Waals surface area contributed by atoms with Gasteiger partial charge in [-0.1, -0.05) is 6.92 Å². The highest BCUT2D eigenvalue weighted by Crippen LogP contribution is 2.23. The van der Waals surface area contributed by atoms with Gasteiger partial charge in [-0.15, -0.1) is 11.3 Å². The van der Waals surface area contributed by atoms with Crippen LogP contribution in [0.5, 0.6) is 0 Å². The summed E-state index contributed by atoms with van der Waals surface area (Å²) >= 11 is 1.79. The van der Waals surface area contributed by atoms with E-state index in [0.717, 1.165) is 18.7 Å². The summed E-state index contributed by atoms with van der Waals surface area (Å²) in [6.45, 7) is 7.27. The fraction of sp³-hybridized carbons (Fsp3) is 0.538. The number of nitrogens with zero attached hydrogens (tertiary/aromatic N) is 3. The first-order valence-electron chi connectivity index (χ1n) is 6.25. The van der Waals surface area contributed by atoms with Crippen LogP contribution >= 0.6 is 11.3 Å². The second kappa shape index (κ2) is 5.63. The molecule has 1 unspecified atom stereocenters. The van der Waals surface area contributed by atoms with Crippen molar-refractivity contribution in [1.29, 1.82) is 0 Å². The van der Waals surface area contributed by atoms with Gasteiger partial charge in [0.15, 0.2) is 0 Å². The van der Waals surface area contributed by atoms with Crippen molar-refractivity contribution in [3.8, 4) is 0 Å². The molecule has 0 aliphatic carbocycles. The van der Waals surface area contributed by atoms with Crippen LogP contribution in [0.2, 0.25) is 0 Å². The van der Waals surface area contributed by atoms with Gasteiger partial charge in [-0.2, -0.15) is 5.10 Å². The number of thiazole rings is 1. The van der Waals surface area contributed by atoms with Gasteiger partial charge in [-0.05, 0) is 20.4 Å². The molecule has 1 atom stereocenters. The van der Waals surface area contributed by atoms with Gasteiger partial charge in [0, 0.05) is 36.1 Å². The predicted molar refractivity (Wildman–Crippen MR) is 74.9 cm³/mol. The van der Waals surface area contributed by atoms with Gasteiger partial charge in [0.25, 0.3) is 0 Å². The molecule has 0 spiro atoms. The van der Waals surface area contributed by atoms with Crippen LogP contribution in [0.4, 0.5) is 0 Å². The third-order valence-corrected chi connectivity index (χ3v) is 4.12. The van der Waals surface area contributed by atoms with E-state index in [2.05, 4.69) is 42.4 Å². The van der Waals surface area contributed by atoms with Crippen molar-refractivity contribution in [1.82, 2.24) is 20.1 Å². The van der Waals surface area contributed by atoms with Crippen LogP contribution in [0.25, 0.3) is 0 Å². The third kappa shape index (κ3) is 2.97. The van der Waals surface area contributed by atoms with E-state index in [1.54, 1.807) is 11.3 Å². The molecule has 1 N–H and O–H groups in total. The van der Waals surface area contributed by atoms with Gasteiger partial charge in [0.05, 0.1) is 16.9 Å². The average Bonchev–Trinajstić information content (AvgIpc) is 2.86. The van der Waals surface area contributed by atoms with E-state index in [1.807, 2.05) is 17.9 Å². The molecular weight excluding hydrogens is 244 g/mol. The lowest BCUT2D eigenvalue weighted by Gasteiger charge is -2.14. The highest BCUT2D eigenvalue weighted by molar-refractivity contribution is 7.11. The summed E-state index contributed by atoms with van der Waals surface area (Å²) in [5, 5.41) is 8.94. The Morgan fingerprint density at radius 1 is 1.44 bits per heavy atom. The third-order valence-electron chi connectivity index (χ3n) is 3.03. The minimum Gasteiger partial charge on any atom is -0.310 e. The lowest BCUT2D eigenvalue weighted by molar-refractivity contribution is 0.548. The Kier molecular flexibility index (Phi) is 4.14. The van der Waals surface area contributed by atoms with Gasteiger partial charge in [-0.3, -0.25) is 4.68 Å². The zero-order chi connectivity index (χ0) is 13.1. The maximum atomic E-state index is 4.62. The van der Waals surface area contributed by atoms with E-state index in [0.29, 0.717) is 6.04 Å². The van der Waals surface area contributed by atoms with E-state index < -0.39 is 0 Å². The maximum absolute atomic E-state index is 4.62. The number of aryl methyl sites for hydroxylation is 3. The molecule has 0 aliphatic rings. The van der Waals surface area contributed by atoms with Gasteiger partial charge < -0.3 is 5.32 Å². The first kappa shape index (κ1) is 13.2. The van der Waals surface area contributed by atoms with Crippen molar-refractivity contribution in [2.75, 3.05) is 6.54 Å². The zero-order valence-corrected chi connectivity index (χ0v) is 12.2. The zero-order valence-electron chi connectivity index (χ0n) is 11.4. The second-order valence-corrected chi connectivity index (χ2v) is 5.80. The highest BCUT2D eigenvalue weighted by atomic mass is 32.1. The molecule has 2 aromatic rings. The summed E-state index contributed by atoms with van der Waals surface area (Å²) in [7, 11) is 1.95. The molecule has 0 saturated carbocycles. The number of hydrogen-bond acceptors (Lipinski definition) is 4. The fourth-order valence-corrected chi connectivity index (χ4v) is 2.95. The second-order valence-electron chi connectivity index (χ2n) is 4.51. The van der Waals surface area contributed by atoms with E-state index in [1.165, 1.54) is 15.4 Å². The van der Waals surface area contributed by atoms with Crippen LogP contribution < -0.4 is 5.32 Å². The molecular formula is C13H20N4S. The standard InChI is InChI=1S/C13H20N4S/c1-5-14-12(11-7-15-17(4)8-11)6-13-16-9(2)10(3)18-13/h7-8,12,14H,5-6H2,1-4H3. The summed E-state index contributed by atoms with van der Waals surface area (Å²) in [5.74, 6) is 0. The van der Waals surface area contributed by atoms with E-state index in [9.17, 15) is 0 Å². The number of likely N-dealkylation sites (N-methyl/N-ethyl adjacent to an activating group) is 1. The summed E-state index contributed by atoms with van der Waals surface area (Å²) in [6, 6.07) is 0.300. The Morgan fingerprint density at radius 3 is 2.72 bits per heavy atom. The normalized spacial score (nSPS) is 12.9. The molecule has 0 saturated heterocycles. The average molecular weight is 264 g/mol.